The molecule has 1 aliphatic heterocycles. The highest BCUT2D eigenvalue weighted by Crippen LogP contribution is 2.17. The molecule has 0 atom stereocenters. The first-order chi connectivity index (χ1) is 9.15. The Labute approximate surface area is 127 Å². The van der Waals surface area contributed by atoms with Crippen LogP contribution in [0.25, 0.3) is 11.0 Å². The fourth-order valence-electron chi connectivity index (χ4n) is 2.21. The van der Waals surface area contributed by atoms with Gasteiger partial charge in [-0.05, 0) is 19.2 Å². The SMILES string of the molecule is CN1CCN(C(=O)n2ccc3cc(Cl)nnc32)CC1.Cl. The monoisotopic (exact) mass is 315 g/mol. The molecule has 108 valence electrons. The van der Waals surface area contributed by atoms with Gasteiger partial charge in [0.05, 0.1) is 0 Å². The van der Waals surface area contributed by atoms with Gasteiger partial charge in [-0.1, -0.05) is 11.6 Å². The summed E-state index contributed by atoms with van der Waals surface area (Å²) in [5.74, 6) is 0. The summed E-state index contributed by atoms with van der Waals surface area (Å²) in [6, 6.07) is 3.47. The topological polar surface area (TPSA) is 54.3 Å². The van der Waals surface area contributed by atoms with Crippen molar-refractivity contribution in [2.75, 3.05) is 33.2 Å². The van der Waals surface area contributed by atoms with Gasteiger partial charge in [0.2, 0.25) is 0 Å². The van der Waals surface area contributed by atoms with Crippen molar-refractivity contribution in [1.29, 1.82) is 0 Å². The second-order valence-electron chi connectivity index (χ2n) is 4.70. The van der Waals surface area contributed by atoms with Gasteiger partial charge in [0.1, 0.15) is 0 Å². The molecule has 1 saturated heterocycles. The van der Waals surface area contributed by atoms with Crippen LogP contribution in [0, 0.1) is 0 Å². The Morgan fingerprint density at radius 1 is 1.25 bits per heavy atom. The molecular formula is C12H15Cl2N5O. The Balaban J connectivity index is 0.00000147. The number of fused-ring (bicyclic) bond motifs is 1. The standard InChI is InChI=1S/C12H14ClN5O.ClH/c1-16-4-6-17(7-5-16)12(19)18-3-2-9-8-10(13)14-15-11(9)18;/h2-3,8H,4-7H2,1H3;1H. The van der Waals surface area contributed by atoms with E-state index in [-0.39, 0.29) is 18.4 Å². The molecule has 0 bridgehead atoms. The number of halogens is 2. The zero-order valence-corrected chi connectivity index (χ0v) is 12.6. The number of hydrogen-bond acceptors (Lipinski definition) is 4. The van der Waals surface area contributed by atoms with E-state index in [1.165, 1.54) is 4.57 Å². The number of likely N-dealkylation sites (N-methyl/N-ethyl adjacent to an activating group) is 1. The first kappa shape index (κ1) is 15.0. The molecule has 0 saturated carbocycles. The number of nitrogens with zero attached hydrogens (tertiary/aromatic N) is 5. The number of rotatable bonds is 0. The molecule has 0 spiro atoms. The van der Waals surface area contributed by atoms with Gasteiger partial charge in [-0.3, -0.25) is 4.57 Å². The molecule has 0 aromatic carbocycles. The predicted octanol–water partition coefficient (Wildman–Crippen LogP) is 1.72. The molecule has 0 N–H and O–H groups in total. The maximum absolute atomic E-state index is 12.4. The van der Waals surface area contributed by atoms with Gasteiger partial charge in [-0.15, -0.1) is 22.6 Å². The van der Waals surface area contributed by atoms with Crippen molar-refractivity contribution >= 4 is 41.1 Å². The highest BCUT2D eigenvalue weighted by Gasteiger charge is 2.21. The van der Waals surface area contributed by atoms with Crippen molar-refractivity contribution in [1.82, 2.24) is 24.6 Å². The van der Waals surface area contributed by atoms with Crippen molar-refractivity contribution in [3.8, 4) is 0 Å². The Hall–Kier alpha value is -1.37. The van der Waals surface area contributed by atoms with Crippen LogP contribution < -0.4 is 0 Å². The van der Waals surface area contributed by atoms with Crippen LogP contribution in [0.4, 0.5) is 4.79 Å². The van der Waals surface area contributed by atoms with Gasteiger partial charge in [0, 0.05) is 37.8 Å². The molecule has 3 heterocycles. The molecule has 1 amide bonds. The third-order valence-corrected chi connectivity index (χ3v) is 3.57. The normalized spacial score (nSPS) is 16.2. The summed E-state index contributed by atoms with van der Waals surface area (Å²) < 4.78 is 1.53. The fourth-order valence-corrected chi connectivity index (χ4v) is 2.37. The van der Waals surface area contributed by atoms with Gasteiger partial charge in [0.25, 0.3) is 0 Å². The van der Waals surface area contributed by atoms with E-state index in [1.54, 1.807) is 12.3 Å². The Kier molecular flexibility index (Phi) is 4.47. The van der Waals surface area contributed by atoms with Crippen molar-refractivity contribution < 1.29 is 4.79 Å². The summed E-state index contributed by atoms with van der Waals surface area (Å²) >= 11 is 5.79. The van der Waals surface area contributed by atoms with Gasteiger partial charge in [-0.2, -0.15) is 0 Å². The number of hydrogen-bond donors (Lipinski definition) is 0. The molecule has 1 fully saturated rings. The summed E-state index contributed by atoms with van der Waals surface area (Å²) in [4.78, 5) is 16.5. The van der Waals surface area contributed by atoms with Crippen LogP contribution in [0.5, 0.6) is 0 Å². The summed E-state index contributed by atoms with van der Waals surface area (Å²) in [5, 5.41) is 8.94. The number of aromatic nitrogens is 3. The van der Waals surface area contributed by atoms with Crippen molar-refractivity contribution in [3.63, 3.8) is 0 Å². The third-order valence-electron chi connectivity index (χ3n) is 3.38. The fraction of sp³-hybridized carbons (Fsp3) is 0.417. The molecule has 2 aromatic rings. The number of carbonyl (C=O) groups excluding carboxylic acids is 1. The molecule has 6 nitrogen and oxygen atoms in total. The van der Waals surface area contributed by atoms with Crippen LogP contribution in [0.15, 0.2) is 18.3 Å². The minimum Gasteiger partial charge on any atom is -0.321 e. The van der Waals surface area contributed by atoms with Crippen molar-refractivity contribution in [2.45, 2.75) is 0 Å². The average Bonchev–Trinajstić information content (AvgIpc) is 2.81. The molecule has 8 heteroatoms. The highest BCUT2D eigenvalue weighted by atomic mass is 35.5. The second kappa shape index (κ2) is 5.95. The van der Waals surface area contributed by atoms with E-state index in [9.17, 15) is 4.79 Å². The van der Waals surface area contributed by atoms with Crippen molar-refractivity contribution in [3.05, 3.63) is 23.5 Å². The lowest BCUT2D eigenvalue weighted by atomic mass is 10.3. The minimum atomic E-state index is -0.0558. The third kappa shape index (κ3) is 2.72. The maximum atomic E-state index is 12.4. The quantitative estimate of drug-likeness (QED) is 0.743. The van der Waals surface area contributed by atoms with E-state index in [1.807, 2.05) is 11.0 Å². The van der Waals surface area contributed by atoms with Gasteiger partial charge in [0.15, 0.2) is 10.8 Å². The number of carbonyl (C=O) groups is 1. The predicted molar refractivity (Wildman–Crippen MR) is 79.7 cm³/mol. The first-order valence-corrected chi connectivity index (χ1v) is 6.51. The Morgan fingerprint density at radius 3 is 2.65 bits per heavy atom. The van der Waals surface area contributed by atoms with Crippen LogP contribution >= 0.6 is 24.0 Å². The van der Waals surface area contributed by atoms with E-state index in [2.05, 4.69) is 22.1 Å². The molecule has 0 aliphatic carbocycles. The molecule has 0 unspecified atom stereocenters. The smallest absolute Gasteiger partial charge is 0.321 e. The van der Waals surface area contributed by atoms with Crippen LogP contribution in [-0.2, 0) is 0 Å². The molecule has 2 aromatic heterocycles. The second-order valence-corrected chi connectivity index (χ2v) is 5.09. The van der Waals surface area contributed by atoms with E-state index < -0.39 is 0 Å². The Bertz CT molecular complexity index is 621. The minimum absolute atomic E-state index is 0. The van der Waals surface area contributed by atoms with E-state index in [0.29, 0.717) is 10.8 Å². The number of piperazine rings is 1. The first-order valence-electron chi connectivity index (χ1n) is 6.13. The van der Waals surface area contributed by atoms with E-state index in [4.69, 9.17) is 11.6 Å². The van der Waals surface area contributed by atoms with Crippen LogP contribution in [0.3, 0.4) is 0 Å². The molecule has 3 rings (SSSR count). The van der Waals surface area contributed by atoms with E-state index in [0.717, 1.165) is 31.6 Å². The maximum Gasteiger partial charge on any atom is 0.329 e. The lowest BCUT2D eigenvalue weighted by molar-refractivity contribution is 0.156. The van der Waals surface area contributed by atoms with Gasteiger partial charge >= 0.3 is 6.03 Å². The van der Waals surface area contributed by atoms with Crippen LogP contribution in [-0.4, -0.2) is 63.8 Å². The molecule has 20 heavy (non-hydrogen) atoms. The van der Waals surface area contributed by atoms with Crippen LogP contribution in [0.1, 0.15) is 0 Å². The van der Waals surface area contributed by atoms with Crippen molar-refractivity contribution in [2.24, 2.45) is 0 Å². The lowest BCUT2D eigenvalue weighted by Crippen LogP contribution is -2.48. The summed E-state index contributed by atoms with van der Waals surface area (Å²) in [6.45, 7) is 3.25. The molecule has 0 radical (unpaired) electrons. The average molecular weight is 316 g/mol. The zero-order valence-electron chi connectivity index (χ0n) is 11.0. The largest absolute Gasteiger partial charge is 0.329 e. The van der Waals surface area contributed by atoms with Gasteiger partial charge < -0.3 is 9.80 Å². The highest BCUT2D eigenvalue weighted by molar-refractivity contribution is 6.29. The zero-order chi connectivity index (χ0) is 13.4. The molecule has 1 aliphatic rings. The summed E-state index contributed by atoms with van der Waals surface area (Å²) in [7, 11) is 2.06. The van der Waals surface area contributed by atoms with E-state index >= 15 is 0 Å². The number of amides is 1. The summed E-state index contributed by atoms with van der Waals surface area (Å²) in [5.41, 5.74) is 0.549. The molecular weight excluding hydrogens is 301 g/mol. The Morgan fingerprint density at radius 2 is 1.95 bits per heavy atom. The van der Waals surface area contributed by atoms with Gasteiger partial charge in [-0.25, -0.2) is 4.79 Å². The summed E-state index contributed by atoms with van der Waals surface area (Å²) in [6.07, 6.45) is 1.72. The lowest BCUT2D eigenvalue weighted by Gasteiger charge is -2.32. The van der Waals surface area contributed by atoms with Crippen LogP contribution in [0.2, 0.25) is 5.15 Å².